The van der Waals surface area contributed by atoms with Gasteiger partial charge in [-0.05, 0) is 39.3 Å². The SMILES string of the molecule is CC(C)N(c1nc(Cl)ncc1[N+](=O)[O-])C(C)(C)C(=O)O. The van der Waals surface area contributed by atoms with Crippen LogP contribution in [0, 0.1) is 10.1 Å². The van der Waals surface area contributed by atoms with Gasteiger partial charge in [-0.15, -0.1) is 0 Å². The summed E-state index contributed by atoms with van der Waals surface area (Å²) < 4.78 is 0. The third-order valence-electron chi connectivity index (χ3n) is 2.79. The zero-order valence-corrected chi connectivity index (χ0v) is 12.2. The molecule has 0 unspecified atom stereocenters. The van der Waals surface area contributed by atoms with Crippen LogP contribution in [0.4, 0.5) is 11.5 Å². The van der Waals surface area contributed by atoms with Gasteiger partial charge in [0.05, 0.1) is 4.92 Å². The van der Waals surface area contributed by atoms with Gasteiger partial charge < -0.3 is 10.0 Å². The highest BCUT2D eigenvalue weighted by Gasteiger charge is 2.40. The second-order valence-electron chi connectivity index (χ2n) is 4.93. The van der Waals surface area contributed by atoms with E-state index in [0.717, 1.165) is 6.20 Å². The smallest absolute Gasteiger partial charge is 0.329 e. The number of hydrogen-bond acceptors (Lipinski definition) is 6. The molecule has 1 aromatic heterocycles. The van der Waals surface area contributed by atoms with E-state index in [9.17, 15) is 20.0 Å². The zero-order chi connectivity index (χ0) is 15.7. The van der Waals surface area contributed by atoms with Crippen molar-refractivity contribution in [3.05, 3.63) is 21.6 Å². The first kappa shape index (κ1) is 16.1. The molecule has 110 valence electrons. The van der Waals surface area contributed by atoms with Gasteiger partial charge in [0.15, 0.2) is 0 Å². The van der Waals surface area contributed by atoms with Crippen LogP contribution in [0.2, 0.25) is 5.28 Å². The maximum absolute atomic E-state index is 11.4. The molecule has 1 aromatic rings. The van der Waals surface area contributed by atoms with E-state index in [1.807, 2.05) is 0 Å². The fourth-order valence-corrected chi connectivity index (χ4v) is 2.04. The number of nitro groups is 1. The standard InChI is InChI=1S/C11H15ClN4O4/c1-6(2)15(11(3,4)9(17)18)8-7(16(19)20)5-13-10(12)14-8/h5-6H,1-4H3,(H,17,18). The number of aromatic nitrogens is 2. The molecule has 0 saturated carbocycles. The molecule has 0 aliphatic carbocycles. The fraction of sp³-hybridized carbons (Fsp3) is 0.545. The minimum Gasteiger partial charge on any atom is -0.480 e. The van der Waals surface area contributed by atoms with E-state index in [0.29, 0.717) is 0 Å². The number of carbonyl (C=O) groups is 1. The molecular weight excluding hydrogens is 288 g/mol. The second-order valence-corrected chi connectivity index (χ2v) is 5.27. The number of nitrogens with zero attached hydrogens (tertiary/aromatic N) is 4. The van der Waals surface area contributed by atoms with Gasteiger partial charge in [-0.1, -0.05) is 0 Å². The molecule has 0 fully saturated rings. The number of anilines is 1. The number of halogens is 1. The summed E-state index contributed by atoms with van der Waals surface area (Å²) in [5.41, 5.74) is -1.78. The predicted molar refractivity (Wildman–Crippen MR) is 73.0 cm³/mol. The summed E-state index contributed by atoms with van der Waals surface area (Å²) in [6.45, 7) is 6.30. The summed E-state index contributed by atoms with van der Waals surface area (Å²) >= 11 is 5.68. The van der Waals surface area contributed by atoms with Crippen molar-refractivity contribution < 1.29 is 14.8 Å². The molecule has 0 aliphatic rings. The lowest BCUT2D eigenvalue weighted by Gasteiger charge is -2.38. The lowest BCUT2D eigenvalue weighted by atomic mass is 10.0. The van der Waals surface area contributed by atoms with Gasteiger partial charge in [-0.2, -0.15) is 4.98 Å². The molecule has 9 heteroatoms. The molecule has 0 aromatic carbocycles. The molecule has 0 bridgehead atoms. The first-order chi connectivity index (χ1) is 9.09. The average molecular weight is 303 g/mol. The van der Waals surface area contributed by atoms with Gasteiger partial charge >= 0.3 is 11.7 Å². The van der Waals surface area contributed by atoms with Crippen molar-refractivity contribution in [1.29, 1.82) is 0 Å². The summed E-state index contributed by atoms with van der Waals surface area (Å²) in [6, 6.07) is -0.342. The predicted octanol–water partition coefficient (Wildman–Crippen LogP) is 2.12. The maximum Gasteiger partial charge on any atom is 0.329 e. The summed E-state index contributed by atoms with van der Waals surface area (Å²) in [7, 11) is 0. The van der Waals surface area contributed by atoms with E-state index in [-0.39, 0.29) is 17.1 Å². The van der Waals surface area contributed by atoms with Crippen molar-refractivity contribution in [2.24, 2.45) is 0 Å². The highest BCUT2D eigenvalue weighted by atomic mass is 35.5. The van der Waals surface area contributed by atoms with Crippen LogP contribution >= 0.6 is 11.6 Å². The molecule has 0 amide bonds. The third kappa shape index (κ3) is 2.96. The normalized spacial score (nSPS) is 11.5. The van der Waals surface area contributed by atoms with Crippen molar-refractivity contribution in [1.82, 2.24) is 9.97 Å². The van der Waals surface area contributed by atoms with Crippen LogP contribution < -0.4 is 4.90 Å². The van der Waals surface area contributed by atoms with Crippen LogP contribution in [0.15, 0.2) is 6.20 Å². The van der Waals surface area contributed by atoms with Crippen LogP contribution in [0.25, 0.3) is 0 Å². The quantitative estimate of drug-likeness (QED) is 0.504. The largest absolute Gasteiger partial charge is 0.480 e. The van der Waals surface area contributed by atoms with Crippen molar-refractivity contribution in [2.45, 2.75) is 39.3 Å². The number of aliphatic carboxylic acids is 1. The van der Waals surface area contributed by atoms with Gasteiger partial charge in [0.25, 0.3) is 0 Å². The minimum atomic E-state index is -1.39. The topological polar surface area (TPSA) is 109 Å². The van der Waals surface area contributed by atoms with E-state index >= 15 is 0 Å². The maximum atomic E-state index is 11.4. The van der Waals surface area contributed by atoms with Crippen molar-refractivity contribution in [2.75, 3.05) is 4.90 Å². The Hall–Kier alpha value is -1.96. The Kier molecular flexibility index (Phi) is 4.49. The van der Waals surface area contributed by atoms with Crippen LogP contribution in [0.3, 0.4) is 0 Å². The molecule has 20 heavy (non-hydrogen) atoms. The van der Waals surface area contributed by atoms with Crippen molar-refractivity contribution >= 4 is 29.1 Å². The number of hydrogen-bond donors (Lipinski definition) is 1. The van der Waals surface area contributed by atoms with Gasteiger partial charge in [-0.3, -0.25) is 10.1 Å². The molecule has 1 heterocycles. The van der Waals surface area contributed by atoms with Gasteiger partial charge in [0.1, 0.15) is 11.7 Å². The Morgan fingerprint density at radius 3 is 2.50 bits per heavy atom. The van der Waals surface area contributed by atoms with Gasteiger partial charge in [-0.25, -0.2) is 9.78 Å². The number of rotatable bonds is 5. The molecule has 0 radical (unpaired) electrons. The van der Waals surface area contributed by atoms with Gasteiger partial charge in [0, 0.05) is 6.04 Å². The van der Waals surface area contributed by atoms with Crippen molar-refractivity contribution in [3.63, 3.8) is 0 Å². The molecule has 1 rings (SSSR count). The Balaban J connectivity index is 3.54. The monoisotopic (exact) mass is 302 g/mol. The Labute approximate surface area is 120 Å². The molecular formula is C11H15ClN4O4. The number of carboxylic acid groups (broad SMARTS) is 1. The molecule has 0 aliphatic heterocycles. The van der Waals surface area contributed by atoms with Gasteiger partial charge in [0.2, 0.25) is 11.1 Å². The Morgan fingerprint density at radius 2 is 2.10 bits per heavy atom. The molecule has 0 atom stereocenters. The van der Waals surface area contributed by atoms with Crippen LogP contribution in [0.1, 0.15) is 27.7 Å². The molecule has 1 N–H and O–H groups in total. The van der Waals surface area contributed by atoms with E-state index < -0.39 is 22.1 Å². The summed E-state index contributed by atoms with van der Waals surface area (Å²) in [5, 5.41) is 20.2. The lowest BCUT2D eigenvalue weighted by molar-refractivity contribution is -0.384. The molecule has 0 spiro atoms. The summed E-state index contributed by atoms with van der Waals surface area (Å²) in [5.74, 6) is -1.24. The van der Waals surface area contributed by atoms with E-state index in [2.05, 4.69) is 9.97 Å². The second kappa shape index (κ2) is 5.58. The highest BCUT2D eigenvalue weighted by molar-refractivity contribution is 6.28. The molecule has 8 nitrogen and oxygen atoms in total. The third-order valence-corrected chi connectivity index (χ3v) is 2.97. The fourth-order valence-electron chi connectivity index (χ4n) is 1.91. The van der Waals surface area contributed by atoms with E-state index in [1.165, 1.54) is 18.7 Å². The molecule has 0 saturated heterocycles. The Morgan fingerprint density at radius 1 is 1.55 bits per heavy atom. The highest BCUT2D eigenvalue weighted by Crippen LogP contribution is 2.33. The van der Waals surface area contributed by atoms with Crippen LogP contribution in [0.5, 0.6) is 0 Å². The average Bonchev–Trinajstić information content (AvgIpc) is 2.27. The number of carboxylic acids is 1. The summed E-state index contributed by atoms with van der Waals surface area (Å²) in [4.78, 5) is 30.6. The zero-order valence-electron chi connectivity index (χ0n) is 11.5. The Bertz CT molecular complexity index is 547. The first-order valence-corrected chi connectivity index (χ1v) is 6.16. The van der Waals surface area contributed by atoms with Crippen LogP contribution in [-0.2, 0) is 4.79 Å². The van der Waals surface area contributed by atoms with Crippen molar-refractivity contribution in [3.8, 4) is 0 Å². The summed E-state index contributed by atoms with van der Waals surface area (Å²) in [6.07, 6.45) is 0.970. The van der Waals surface area contributed by atoms with E-state index in [1.54, 1.807) is 13.8 Å². The van der Waals surface area contributed by atoms with E-state index in [4.69, 9.17) is 11.6 Å². The van der Waals surface area contributed by atoms with Crippen LogP contribution in [-0.4, -0.2) is 37.5 Å². The first-order valence-electron chi connectivity index (χ1n) is 5.78. The minimum absolute atomic E-state index is 0.114. The lowest BCUT2D eigenvalue weighted by Crippen LogP contribution is -2.54.